The van der Waals surface area contributed by atoms with Crippen LogP contribution in [0.1, 0.15) is 44.9 Å². The molecule has 5 heteroatoms. The molecule has 17 heavy (non-hydrogen) atoms. The number of carbonyl (C=O) groups excluding carboxylic acids is 1. The normalized spacial score (nSPS) is 29.0. The van der Waals surface area contributed by atoms with Crippen LogP contribution in [-0.4, -0.2) is 36.1 Å². The van der Waals surface area contributed by atoms with Gasteiger partial charge >= 0.3 is 5.97 Å². The molecule has 1 aliphatic carbocycles. The molecule has 1 saturated carbocycles. The van der Waals surface area contributed by atoms with E-state index >= 15 is 0 Å². The summed E-state index contributed by atoms with van der Waals surface area (Å²) >= 11 is 0. The minimum atomic E-state index is -1.37. The third kappa shape index (κ3) is 5.44. The Morgan fingerprint density at radius 2 is 2.00 bits per heavy atom. The Labute approximate surface area is 100 Å². The van der Waals surface area contributed by atoms with Gasteiger partial charge < -0.3 is 9.84 Å². The monoisotopic (exact) mass is 250 g/mol. The molecule has 0 aromatic carbocycles. The quantitative estimate of drug-likeness (QED) is 0.581. The summed E-state index contributed by atoms with van der Waals surface area (Å²) in [5, 5.41) is 8.55. The SMILES string of the molecule is O=C(CCCCCO)OC1CCC(F)CC1F. The first-order valence-electron chi connectivity index (χ1n) is 6.22. The number of alkyl halides is 2. The smallest absolute Gasteiger partial charge is 0.306 e. The van der Waals surface area contributed by atoms with Crippen LogP contribution in [-0.2, 0) is 9.53 Å². The molecule has 0 saturated heterocycles. The van der Waals surface area contributed by atoms with E-state index in [2.05, 4.69) is 0 Å². The van der Waals surface area contributed by atoms with Crippen LogP contribution < -0.4 is 0 Å². The minimum absolute atomic E-state index is 0.113. The fourth-order valence-corrected chi connectivity index (χ4v) is 1.96. The number of carbonyl (C=O) groups is 1. The summed E-state index contributed by atoms with van der Waals surface area (Å²) < 4.78 is 31.2. The van der Waals surface area contributed by atoms with Crippen LogP contribution in [0.2, 0.25) is 0 Å². The van der Waals surface area contributed by atoms with E-state index in [1.54, 1.807) is 0 Å². The Morgan fingerprint density at radius 1 is 1.24 bits per heavy atom. The number of esters is 1. The Hall–Kier alpha value is -0.710. The van der Waals surface area contributed by atoms with E-state index in [0.29, 0.717) is 12.8 Å². The number of hydrogen-bond donors (Lipinski definition) is 1. The number of unbranched alkanes of at least 4 members (excludes halogenated alkanes) is 2. The summed E-state index contributed by atoms with van der Waals surface area (Å²) in [5.74, 6) is -0.423. The van der Waals surface area contributed by atoms with E-state index in [1.807, 2.05) is 0 Å². The number of aliphatic hydroxyl groups excluding tert-OH is 1. The summed E-state index contributed by atoms with van der Waals surface area (Å²) in [5.41, 5.74) is 0. The van der Waals surface area contributed by atoms with E-state index in [1.165, 1.54) is 0 Å². The van der Waals surface area contributed by atoms with Gasteiger partial charge in [-0.25, -0.2) is 8.78 Å². The Bertz CT molecular complexity index is 236. The molecule has 3 nitrogen and oxygen atoms in total. The molecule has 1 fully saturated rings. The van der Waals surface area contributed by atoms with Crippen LogP contribution >= 0.6 is 0 Å². The molecule has 0 radical (unpaired) electrons. The highest BCUT2D eigenvalue weighted by Crippen LogP contribution is 2.26. The van der Waals surface area contributed by atoms with E-state index < -0.39 is 24.4 Å². The van der Waals surface area contributed by atoms with Gasteiger partial charge in [0.15, 0.2) is 0 Å². The van der Waals surface area contributed by atoms with Crippen molar-refractivity contribution >= 4 is 5.97 Å². The van der Waals surface area contributed by atoms with Gasteiger partial charge in [0, 0.05) is 19.4 Å². The highest BCUT2D eigenvalue weighted by atomic mass is 19.1. The lowest BCUT2D eigenvalue weighted by atomic mass is 9.94. The van der Waals surface area contributed by atoms with Gasteiger partial charge in [-0.2, -0.15) is 0 Å². The van der Waals surface area contributed by atoms with Crippen LogP contribution in [0.25, 0.3) is 0 Å². The third-order valence-electron chi connectivity index (χ3n) is 2.97. The first-order chi connectivity index (χ1) is 8.13. The van der Waals surface area contributed by atoms with E-state index in [4.69, 9.17) is 9.84 Å². The van der Waals surface area contributed by atoms with Crippen LogP contribution in [0, 0.1) is 0 Å². The maximum Gasteiger partial charge on any atom is 0.306 e. The highest BCUT2D eigenvalue weighted by Gasteiger charge is 2.32. The van der Waals surface area contributed by atoms with Crippen molar-refractivity contribution in [2.24, 2.45) is 0 Å². The minimum Gasteiger partial charge on any atom is -0.459 e. The van der Waals surface area contributed by atoms with Crippen molar-refractivity contribution in [1.82, 2.24) is 0 Å². The second-order valence-corrected chi connectivity index (χ2v) is 4.49. The standard InChI is InChI=1S/C12H20F2O3/c13-9-5-6-11(10(14)8-9)17-12(16)4-2-1-3-7-15/h9-11,15H,1-8H2. The molecule has 0 spiro atoms. The summed E-state index contributed by atoms with van der Waals surface area (Å²) in [6.45, 7) is 0.113. The molecule has 0 aromatic rings. The van der Waals surface area contributed by atoms with E-state index in [0.717, 1.165) is 6.42 Å². The van der Waals surface area contributed by atoms with Gasteiger partial charge in [0.2, 0.25) is 0 Å². The molecular formula is C12H20F2O3. The predicted octanol–water partition coefficient (Wildman–Crippen LogP) is 2.31. The van der Waals surface area contributed by atoms with E-state index in [-0.39, 0.29) is 32.3 Å². The molecule has 3 atom stereocenters. The second-order valence-electron chi connectivity index (χ2n) is 4.49. The average molecular weight is 250 g/mol. The zero-order valence-electron chi connectivity index (χ0n) is 9.91. The highest BCUT2D eigenvalue weighted by molar-refractivity contribution is 5.69. The van der Waals surface area contributed by atoms with Crippen LogP contribution in [0.4, 0.5) is 8.78 Å². The number of hydrogen-bond acceptors (Lipinski definition) is 3. The van der Waals surface area contributed by atoms with Crippen molar-refractivity contribution in [1.29, 1.82) is 0 Å². The van der Waals surface area contributed by atoms with Crippen molar-refractivity contribution in [2.45, 2.75) is 63.4 Å². The summed E-state index contributed by atoms with van der Waals surface area (Å²) in [4.78, 5) is 11.4. The topological polar surface area (TPSA) is 46.5 Å². The van der Waals surface area contributed by atoms with Gasteiger partial charge in [-0.05, 0) is 25.7 Å². The van der Waals surface area contributed by atoms with Gasteiger partial charge in [-0.1, -0.05) is 6.42 Å². The largest absolute Gasteiger partial charge is 0.459 e. The van der Waals surface area contributed by atoms with Gasteiger partial charge in [-0.3, -0.25) is 4.79 Å². The average Bonchev–Trinajstić information content (AvgIpc) is 2.28. The maximum absolute atomic E-state index is 13.4. The van der Waals surface area contributed by atoms with Gasteiger partial charge in [-0.15, -0.1) is 0 Å². The molecule has 100 valence electrons. The van der Waals surface area contributed by atoms with Crippen LogP contribution in [0.3, 0.4) is 0 Å². The third-order valence-corrected chi connectivity index (χ3v) is 2.97. The van der Waals surface area contributed by atoms with Gasteiger partial charge in [0.25, 0.3) is 0 Å². The van der Waals surface area contributed by atoms with E-state index in [9.17, 15) is 13.6 Å². The Balaban J connectivity index is 2.17. The maximum atomic E-state index is 13.4. The van der Waals surface area contributed by atoms with Crippen molar-refractivity contribution in [3.8, 4) is 0 Å². The molecule has 0 bridgehead atoms. The number of rotatable bonds is 6. The second kappa shape index (κ2) is 7.58. The fourth-order valence-electron chi connectivity index (χ4n) is 1.96. The molecule has 3 unspecified atom stereocenters. The van der Waals surface area contributed by atoms with Gasteiger partial charge in [0.05, 0.1) is 0 Å². The Morgan fingerprint density at radius 3 is 2.65 bits per heavy atom. The molecule has 1 rings (SSSR count). The van der Waals surface area contributed by atoms with Crippen LogP contribution in [0.5, 0.6) is 0 Å². The van der Waals surface area contributed by atoms with Gasteiger partial charge in [0.1, 0.15) is 18.4 Å². The molecular weight excluding hydrogens is 230 g/mol. The summed E-state index contributed by atoms with van der Waals surface area (Å²) in [7, 11) is 0. The zero-order chi connectivity index (χ0) is 12.7. The summed E-state index contributed by atoms with van der Waals surface area (Å²) in [6, 6.07) is 0. The number of halogens is 2. The lowest BCUT2D eigenvalue weighted by molar-refractivity contribution is -0.155. The number of aliphatic hydroxyl groups is 1. The molecule has 1 aliphatic rings. The lowest BCUT2D eigenvalue weighted by Crippen LogP contribution is -2.35. The van der Waals surface area contributed by atoms with Crippen molar-refractivity contribution in [3.05, 3.63) is 0 Å². The predicted molar refractivity (Wildman–Crippen MR) is 59.1 cm³/mol. The van der Waals surface area contributed by atoms with Crippen molar-refractivity contribution in [3.63, 3.8) is 0 Å². The molecule has 0 aliphatic heterocycles. The lowest BCUT2D eigenvalue weighted by Gasteiger charge is -2.27. The Kier molecular flexibility index (Phi) is 6.40. The summed E-state index contributed by atoms with van der Waals surface area (Å²) in [6.07, 6.45) is -0.599. The number of ether oxygens (including phenoxy) is 1. The van der Waals surface area contributed by atoms with Crippen molar-refractivity contribution in [2.75, 3.05) is 6.61 Å². The first-order valence-corrected chi connectivity index (χ1v) is 6.22. The molecule has 1 N–H and O–H groups in total. The van der Waals surface area contributed by atoms with Crippen molar-refractivity contribution < 1.29 is 23.4 Å². The first kappa shape index (κ1) is 14.4. The molecule has 0 heterocycles. The zero-order valence-corrected chi connectivity index (χ0v) is 9.91. The fraction of sp³-hybridized carbons (Fsp3) is 0.917. The van der Waals surface area contributed by atoms with Crippen LogP contribution in [0.15, 0.2) is 0 Å². The molecule has 0 aromatic heterocycles. The molecule has 0 amide bonds.